The molecule has 0 saturated heterocycles. The van der Waals surface area contributed by atoms with Crippen LogP contribution in [-0.2, 0) is 0 Å². The van der Waals surface area contributed by atoms with E-state index in [1.165, 1.54) is 18.5 Å². The molecule has 0 atom stereocenters. The van der Waals surface area contributed by atoms with Crippen LogP contribution in [0.3, 0.4) is 0 Å². The second-order valence-electron chi connectivity index (χ2n) is 3.77. The zero-order valence-electron chi connectivity index (χ0n) is 10.2. The van der Waals surface area contributed by atoms with Crippen molar-refractivity contribution in [1.29, 1.82) is 0 Å². The van der Waals surface area contributed by atoms with Crippen LogP contribution < -0.4 is 4.74 Å². The zero-order chi connectivity index (χ0) is 13.8. The van der Waals surface area contributed by atoms with Crippen molar-refractivity contribution in [3.05, 3.63) is 58.1 Å². The highest BCUT2D eigenvalue weighted by Crippen LogP contribution is 2.22. The van der Waals surface area contributed by atoms with E-state index >= 15 is 0 Å². The summed E-state index contributed by atoms with van der Waals surface area (Å²) in [5.41, 5.74) is 0.299. The summed E-state index contributed by atoms with van der Waals surface area (Å²) >= 11 is 3.06. The van der Waals surface area contributed by atoms with Gasteiger partial charge in [-0.2, -0.15) is 0 Å². The van der Waals surface area contributed by atoms with Gasteiger partial charge in [-0.15, -0.1) is 0 Å². The Labute approximate surface area is 118 Å². The molecule has 0 bridgehead atoms. The minimum absolute atomic E-state index is 0.00447. The maximum Gasteiger partial charge on any atom is 0.197 e. The molecule has 1 aromatic heterocycles. The van der Waals surface area contributed by atoms with Gasteiger partial charge in [0.05, 0.1) is 22.8 Å². The van der Waals surface area contributed by atoms with E-state index in [0.717, 1.165) is 0 Å². The van der Waals surface area contributed by atoms with Crippen molar-refractivity contribution in [1.82, 2.24) is 4.98 Å². The van der Waals surface area contributed by atoms with Gasteiger partial charge in [0.25, 0.3) is 0 Å². The first-order chi connectivity index (χ1) is 9.13. The van der Waals surface area contributed by atoms with E-state index in [4.69, 9.17) is 4.74 Å². The molecule has 2 rings (SSSR count). The lowest BCUT2D eigenvalue weighted by atomic mass is 10.0. The Morgan fingerprint density at radius 1 is 1.42 bits per heavy atom. The number of carbonyl (C=O) groups excluding carboxylic acids is 1. The summed E-state index contributed by atoms with van der Waals surface area (Å²) < 4.78 is 19.4. The molecule has 0 aliphatic carbocycles. The van der Waals surface area contributed by atoms with Gasteiger partial charge in [0.2, 0.25) is 0 Å². The van der Waals surface area contributed by atoms with E-state index in [0.29, 0.717) is 17.9 Å². The van der Waals surface area contributed by atoms with Gasteiger partial charge in [0, 0.05) is 11.8 Å². The lowest BCUT2D eigenvalue weighted by Crippen LogP contribution is -2.06. The van der Waals surface area contributed by atoms with E-state index in [1.807, 2.05) is 6.92 Å². The number of hydrogen-bond acceptors (Lipinski definition) is 3. The highest BCUT2D eigenvalue weighted by atomic mass is 79.9. The SMILES string of the molecule is CCOc1cncc(C(=O)c2cccc(Br)c2F)c1. The molecule has 0 aliphatic rings. The molecule has 0 unspecified atom stereocenters. The molecule has 1 aromatic carbocycles. The molecule has 5 heteroatoms. The summed E-state index contributed by atoms with van der Waals surface area (Å²) in [5.74, 6) is -0.508. The van der Waals surface area contributed by atoms with Crippen LogP contribution in [0.2, 0.25) is 0 Å². The lowest BCUT2D eigenvalue weighted by molar-refractivity contribution is 0.103. The third-order valence-electron chi connectivity index (χ3n) is 2.48. The van der Waals surface area contributed by atoms with E-state index in [9.17, 15) is 9.18 Å². The first kappa shape index (κ1) is 13.7. The molecule has 0 radical (unpaired) electrons. The molecule has 1 heterocycles. The van der Waals surface area contributed by atoms with Crippen molar-refractivity contribution in [2.45, 2.75) is 6.92 Å². The van der Waals surface area contributed by atoms with E-state index in [2.05, 4.69) is 20.9 Å². The summed E-state index contributed by atoms with van der Waals surface area (Å²) in [4.78, 5) is 16.1. The van der Waals surface area contributed by atoms with Crippen molar-refractivity contribution in [2.24, 2.45) is 0 Å². The molecule has 19 heavy (non-hydrogen) atoms. The van der Waals surface area contributed by atoms with E-state index in [-0.39, 0.29) is 10.0 Å². The molecular weight excluding hydrogens is 313 g/mol. The lowest BCUT2D eigenvalue weighted by Gasteiger charge is -2.06. The van der Waals surface area contributed by atoms with Crippen LogP contribution in [0.25, 0.3) is 0 Å². The van der Waals surface area contributed by atoms with Crippen molar-refractivity contribution < 1.29 is 13.9 Å². The van der Waals surface area contributed by atoms with Gasteiger partial charge in [0.1, 0.15) is 11.6 Å². The third kappa shape index (κ3) is 2.98. The summed E-state index contributed by atoms with van der Waals surface area (Å²) in [6.07, 6.45) is 2.91. The van der Waals surface area contributed by atoms with Gasteiger partial charge in [-0.25, -0.2) is 4.39 Å². The Kier molecular flexibility index (Phi) is 4.27. The van der Waals surface area contributed by atoms with Crippen molar-refractivity contribution in [2.75, 3.05) is 6.61 Å². The van der Waals surface area contributed by atoms with Crippen LogP contribution in [0.4, 0.5) is 4.39 Å². The summed E-state index contributed by atoms with van der Waals surface area (Å²) in [7, 11) is 0. The minimum Gasteiger partial charge on any atom is -0.492 e. The molecule has 0 saturated carbocycles. The number of benzene rings is 1. The van der Waals surface area contributed by atoms with E-state index in [1.54, 1.807) is 18.2 Å². The summed E-state index contributed by atoms with van der Waals surface area (Å²) in [5, 5.41) is 0. The topological polar surface area (TPSA) is 39.2 Å². The number of halogens is 2. The van der Waals surface area contributed by atoms with Crippen molar-refractivity contribution in [3.8, 4) is 5.75 Å². The van der Waals surface area contributed by atoms with Gasteiger partial charge < -0.3 is 4.74 Å². The number of aromatic nitrogens is 1. The second-order valence-corrected chi connectivity index (χ2v) is 4.63. The fourth-order valence-corrected chi connectivity index (χ4v) is 1.99. The highest BCUT2D eigenvalue weighted by Gasteiger charge is 2.16. The molecule has 0 amide bonds. The number of carbonyl (C=O) groups is 1. The van der Waals surface area contributed by atoms with Gasteiger partial charge in [-0.05, 0) is 41.1 Å². The fourth-order valence-electron chi connectivity index (χ4n) is 1.62. The Bertz CT molecular complexity index is 616. The largest absolute Gasteiger partial charge is 0.492 e. The van der Waals surface area contributed by atoms with Crippen LogP contribution in [0.15, 0.2) is 41.1 Å². The third-order valence-corrected chi connectivity index (χ3v) is 3.10. The number of hydrogen-bond donors (Lipinski definition) is 0. The first-order valence-corrected chi connectivity index (χ1v) is 6.49. The second kappa shape index (κ2) is 5.93. The minimum atomic E-state index is -0.575. The Morgan fingerprint density at radius 2 is 2.21 bits per heavy atom. The number of ketones is 1. The quantitative estimate of drug-likeness (QED) is 0.807. The summed E-state index contributed by atoms with van der Waals surface area (Å²) in [6.45, 7) is 2.31. The monoisotopic (exact) mass is 323 g/mol. The average molecular weight is 324 g/mol. The van der Waals surface area contributed by atoms with Gasteiger partial charge in [-0.3, -0.25) is 9.78 Å². The standard InChI is InChI=1S/C14H11BrFNO2/c1-2-19-10-6-9(7-17-8-10)14(18)11-4-3-5-12(15)13(11)16/h3-8H,2H2,1H3. The summed E-state index contributed by atoms with van der Waals surface area (Å²) in [6, 6.07) is 6.15. The number of rotatable bonds is 4. The molecule has 2 aromatic rings. The number of pyridine rings is 1. The molecule has 3 nitrogen and oxygen atoms in total. The Hall–Kier alpha value is -1.75. The maximum atomic E-state index is 13.9. The molecule has 0 spiro atoms. The van der Waals surface area contributed by atoms with Crippen molar-refractivity contribution in [3.63, 3.8) is 0 Å². The smallest absolute Gasteiger partial charge is 0.197 e. The Morgan fingerprint density at radius 3 is 2.95 bits per heavy atom. The van der Waals surface area contributed by atoms with Crippen LogP contribution in [0.5, 0.6) is 5.75 Å². The first-order valence-electron chi connectivity index (χ1n) is 5.70. The molecule has 0 aliphatic heterocycles. The predicted molar refractivity (Wildman–Crippen MR) is 72.9 cm³/mol. The average Bonchev–Trinajstić information content (AvgIpc) is 2.42. The predicted octanol–water partition coefficient (Wildman–Crippen LogP) is 3.61. The highest BCUT2D eigenvalue weighted by molar-refractivity contribution is 9.10. The number of ether oxygens (including phenoxy) is 1. The molecular formula is C14H11BrFNO2. The fraction of sp³-hybridized carbons (Fsp3) is 0.143. The molecule has 0 fully saturated rings. The van der Waals surface area contributed by atoms with Gasteiger partial charge in [0.15, 0.2) is 5.78 Å². The van der Waals surface area contributed by atoms with Gasteiger partial charge in [-0.1, -0.05) is 6.07 Å². The van der Waals surface area contributed by atoms with Crippen LogP contribution in [0, 0.1) is 5.82 Å². The van der Waals surface area contributed by atoms with E-state index < -0.39 is 11.6 Å². The van der Waals surface area contributed by atoms with Gasteiger partial charge >= 0.3 is 0 Å². The zero-order valence-corrected chi connectivity index (χ0v) is 11.8. The normalized spacial score (nSPS) is 10.3. The van der Waals surface area contributed by atoms with Crippen LogP contribution in [-0.4, -0.2) is 17.4 Å². The van der Waals surface area contributed by atoms with Crippen molar-refractivity contribution >= 4 is 21.7 Å². The molecule has 0 N–H and O–H groups in total. The Balaban J connectivity index is 2.38. The maximum absolute atomic E-state index is 13.9. The molecule has 98 valence electrons. The van der Waals surface area contributed by atoms with Crippen LogP contribution >= 0.6 is 15.9 Å². The van der Waals surface area contributed by atoms with Crippen LogP contribution in [0.1, 0.15) is 22.8 Å². The number of nitrogens with zero attached hydrogens (tertiary/aromatic N) is 1.